The molecular formula is C11H9N3O3. The number of rotatable bonds is 2. The Hall–Kier alpha value is -2.63. The molecule has 6 heteroatoms. The molecule has 0 aliphatic heterocycles. The van der Waals surface area contributed by atoms with Gasteiger partial charge in [-0.3, -0.25) is 0 Å². The number of ether oxygens (including phenoxy) is 1. The first-order valence-electron chi connectivity index (χ1n) is 4.75. The molecule has 2 rings (SSSR count). The molecule has 0 spiro atoms. The van der Waals surface area contributed by atoms with Gasteiger partial charge in [-0.15, -0.1) is 0 Å². The molecule has 0 bridgehead atoms. The fourth-order valence-corrected chi connectivity index (χ4v) is 1.17. The number of esters is 1. The van der Waals surface area contributed by atoms with Gasteiger partial charge in [0.25, 0.3) is 0 Å². The summed E-state index contributed by atoms with van der Waals surface area (Å²) in [5.74, 6) is -0.469. The van der Waals surface area contributed by atoms with Crippen LogP contribution in [0.5, 0.6) is 11.5 Å². The van der Waals surface area contributed by atoms with Gasteiger partial charge in [0.2, 0.25) is 5.82 Å². The number of nitrogens with zero attached hydrogens (tertiary/aromatic N) is 2. The van der Waals surface area contributed by atoms with Crippen LogP contribution in [0, 0.1) is 0 Å². The largest absolute Gasteiger partial charge is 0.508 e. The fraction of sp³-hybridized carbons (Fsp3) is 0. The molecular weight excluding hydrogens is 222 g/mol. The van der Waals surface area contributed by atoms with Gasteiger partial charge in [-0.25, -0.2) is 14.8 Å². The third-order valence-electron chi connectivity index (χ3n) is 1.89. The summed E-state index contributed by atoms with van der Waals surface area (Å²) in [6, 6.07) is 7.33. The highest BCUT2D eigenvalue weighted by Gasteiger charge is 2.12. The Morgan fingerprint density at radius 3 is 2.88 bits per heavy atom. The Labute approximate surface area is 96.7 Å². The van der Waals surface area contributed by atoms with Crippen molar-refractivity contribution in [1.29, 1.82) is 0 Å². The van der Waals surface area contributed by atoms with Gasteiger partial charge in [-0.05, 0) is 18.2 Å². The Bertz CT molecular complexity index is 557. The van der Waals surface area contributed by atoms with E-state index in [-0.39, 0.29) is 23.1 Å². The summed E-state index contributed by atoms with van der Waals surface area (Å²) in [5.41, 5.74) is 5.42. The van der Waals surface area contributed by atoms with E-state index in [4.69, 9.17) is 10.5 Å². The quantitative estimate of drug-likeness (QED) is 0.590. The maximum absolute atomic E-state index is 11.6. The number of aromatic nitrogens is 2. The third-order valence-corrected chi connectivity index (χ3v) is 1.89. The number of benzene rings is 1. The van der Waals surface area contributed by atoms with Crippen molar-refractivity contribution >= 4 is 11.8 Å². The number of phenolic OH excluding ortho intramolecular Hbond substituents is 1. The lowest BCUT2D eigenvalue weighted by atomic mass is 10.3. The number of nitrogens with two attached hydrogens (primary N) is 1. The number of aromatic hydroxyl groups is 1. The van der Waals surface area contributed by atoms with Crippen LogP contribution in [0.1, 0.15) is 10.6 Å². The fourth-order valence-electron chi connectivity index (χ4n) is 1.17. The molecule has 2 aromatic rings. The van der Waals surface area contributed by atoms with Crippen molar-refractivity contribution < 1.29 is 14.6 Å². The monoisotopic (exact) mass is 231 g/mol. The molecule has 86 valence electrons. The van der Waals surface area contributed by atoms with E-state index in [9.17, 15) is 9.90 Å². The van der Waals surface area contributed by atoms with Gasteiger partial charge in [0.15, 0.2) is 0 Å². The standard InChI is InChI=1S/C11H9N3O3/c12-9-4-5-13-10(14-9)11(16)17-8-3-1-2-7(15)6-8/h1-6,15H,(H2,12,13,14). The molecule has 0 fully saturated rings. The Kier molecular flexibility index (Phi) is 2.87. The van der Waals surface area contributed by atoms with E-state index in [1.807, 2.05) is 0 Å². The predicted molar refractivity (Wildman–Crippen MR) is 59.5 cm³/mol. The second-order valence-electron chi connectivity index (χ2n) is 3.19. The predicted octanol–water partition coefficient (Wildman–Crippen LogP) is 0.984. The highest BCUT2D eigenvalue weighted by Crippen LogP contribution is 2.18. The zero-order chi connectivity index (χ0) is 12.3. The number of phenols is 1. The molecule has 3 N–H and O–H groups in total. The van der Waals surface area contributed by atoms with Crippen LogP contribution in [0.15, 0.2) is 36.5 Å². The van der Waals surface area contributed by atoms with Gasteiger partial charge in [-0.2, -0.15) is 0 Å². The molecule has 1 aromatic carbocycles. The molecule has 1 heterocycles. The lowest BCUT2D eigenvalue weighted by molar-refractivity contribution is 0.0722. The SMILES string of the molecule is Nc1ccnc(C(=O)Oc2cccc(O)c2)n1. The second kappa shape index (κ2) is 4.48. The van der Waals surface area contributed by atoms with Gasteiger partial charge in [-0.1, -0.05) is 6.07 Å². The van der Waals surface area contributed by atoms with E-state index in [1.165, 1.54) is 30.5 Å². The van der Waals surface area contributed by atoms with E-state index in [0.29, 0.717) is 0 Å². The lowest BCUT2D eigenvalue weighted by Gasteiger charge is -2.03. The van der Waals surface area contributed by atoms with Crippen LogP contribution < -0.4 is 10.5 Å². The molecule has 0 radical (unpaired) electrons. The Morgan fingerprint density at radius 1 is 1.35 bits per heavy atom. The van der Waals surface area contributed by atoms with E-state index in [1.54, 1.807) is 6.07 Å². The summed E-state index contributed by atoms with van der Waals surface area (Å²) in [6.07, 6.45) is 1.36. The van der Waals surface area contributed by atoms with E-state index in [2.05, 4.69) is 9.97 Å². The minimum Gasteiger partial charge on any atom is -0.508 e. The van der Waals surface area contributed by atoms with Crippen LogP contribution in [-0.2, 0) is 0 Å². The van der Waals surface area contributed by atoms with E-state index >= 15 is 0 Å². The summed E-state index contributed by atoms with van der Waals surface area (Å²) >= 11 is 0. The third kappa shape index (κ3) is 2.69. The first-order valence-corrected chi connectivity index (χ1v) is 4.75. The second-order valence-corrected chi connectivity index (χ2v) is 3.19. The van der Waals surface area contributed by atoms with Crippen LogP contribution in [0.4, 0.5) is 5.82 Å². The Morgan fingerprint density at radius 2 is 2.18 bits per heavy atom. The van der Waals surface area contributed by atoms with Crippen molar-refractivity contribution in [2.24, 2.45) is 0 Å². The highest BCUT2D eigenvalue weighted by molar-refractivity contribution is 5.87. The van der Waals surface area contributed by atoms with Crippen molar-refractivity contribution in [3.05, 3.63) is 42.4 Å². The van der Waals surface area contributed by atoms with Crippen LogP contribution in [-0.4, -0.2) is 21.0 Å². The molecule has 0 saturated carbocycles. The summed E-state index contributed by atoms with van der Waals surface area (Å²) in [5, 5.41) is 9.20. The molecule has 0 saturated heterocycles. The van der Waals surface area contributed by atoms with E-state index in [0.717, 1.165) is 0 Å². The summed E-state index contributed by atoms with van der Waals surface area (Å²) in [6.45, 7) is 0. The minimum absolute atomic E-state index is 0.00351. The van der Waals surface area contributed by atoms with Crippen LogP contribution in [0.2, 0.25) is 0 Å². The number of nitrogen functional groups attached to an aromatic ring is 1. The number of carbonyl (C=O) groups is 1. The van der Waals surface area contributed by atoms with Gasteiger partial charge >= 0.3 is 5.97 Å². The maximum Gasteiger partial charge on any atom is 0.381 e. The lowest BCUT2D eigenvalue weighted by Crippen LogP contribution is -2.13. The molecule has 1 aromatic heterocycles. The highest BCUT2D eigenvalue weighted by atomic mass is 16.5. The summed E-state index contributed by atoms with van der Waals surface area (Å²) < 4.78 is 4.96. The molecule has 0 atom stereocenters. The molecule has 0 amide bonds. The maximum atomic E-state index is 11.6. The number of hydrogen-bond acceptors (Lipinski definition) is 6. The molecule has 6 nitrogen and oxygen atoms in total. The number of hydrogen-bond donors (Lipinski definition) is 2. The molecule has 0 aliphatic rings. The van der Waals surface area contributed by atoms with Crippen molar-refractivity contribution in [2.75, 3.05) is 5.73 Å². The first kappa shape index (κ1) is 10.9. The summed E-state index contributed by atoms with van der Waals surface area (Å²) in [7, 11) is 0. The minimum atomic E-state index is -0.733. The van der Waals surface area contributed by atoms with Crippen LogP contribution in [0.3, 0.4) is 0 Å². The van der Waals surface area contributed by atoms with Crippen molar-refractivity contribution in [2.45, 2.75) is 0 Å². The van der Waals surface area contributed by atoms with Crippen LogP contribution in [0.25, 0.3) is 0 Å². The summed E-state index contributed by atoms with van der Waals surface area (Å²) in [4.78, 5) is 19.0. The van der Waals surface area contributed by atoms with Crippen molar-refractivity contribution in [3.8, 4) is 11.5 Å². The van der Waals surface area contributed by atoms with Gasteiger partial charge in [0, 0.05) is 12.3 Å². The van der Waals surface area contributed by atoms with Crippen LogP contribution >= 0.6 is 0 Å². The normalized spacial score (nSPS) is 9.88. The zero-order valence-electron chi connectivity index (χ0n) is 8.70. The van der Waals surface area contributed by atoms with Gasteiger partial charge in [0.1, 0.15) is 17.3 Å². The smallest absolute Gasteiger partial charge is 0.381 e. The Balaban J connectivity index is 2.17. The number of carbonyl (C=O) groups excluding carboxylic acids is 1. The molecule has 0 aliphatic carbocycles. The van der Waals surface area contributed by atoms with Crippen molar-refractivity contribution in [3.63, 3.8) is 0 Å². The molecule has 17 heavy (non-hydrogen) atoms. The van der Waals surface area contributed by atoms with Gasteiger partial charge in [0.05, 0.1) is 0 Å². The van der Waals surface area contributed by atoms with E-state index < -0.39 is 5.97 Å². The first-order chi connectivity index (χ1) is 8.15. The average Bonchev–Trinajstić information content (AvgIpc) is 2.29. The topological polar surface area (TPSA) is 98.3 Å². The number of anilines is 1. The average molecular weight is 231 g/mol. The van der Waals surface area contributed by atoms with Gasteiger partial charge < -0.3 is 15.6 Å². The molecule has 0 unspecified atom stereocenters. The zero-order valence-corrected chi connectivity index (χ0v) is 8.70. The van der Waals surface area contributed by atoms with Crippen molar-refractivity contribution in [1.82, 2.24) is 9.97 Å².